The number of amides is 2. The number of anilines is 1. The van der Waals surface area contributed by atoms with Gasteiger partial charge in [-0.05, 0) is 36.6 Å². The molecule has 2 N–H and O–H groups in total. The number of thioether (sulfide) groups is 1. The maximum Gasteiger partial charge on any atom is 0.283 e. The topological polar surface area (TPSA) is 107 Å². The molecule has 140 valence electrons. The Morgan fingerprint density at radius 1 is 1.30 bits per heavy atom. The number of nitrogens with two attached hydrogens (primary N) is 1. The van der Waals surface area contributed by atoms with E-state index in [9.17, 15) is 24.1 Å². The van der Waals surface area contributed by atoms with Gasteiger partial charge in [0.25, 0.3) is 5.69 Å². The Hall–Kier alpha value is -2.94. The van der Waals surface area contributed by atoms with Gasteiger partial charge in [-0.3, -0.25) is 19.7 Å². The number of halogens is 1. The molecular formula is C18H16FN3O4S. The molecule has 1 heterocycles. The van der Waals surface area contributed by atoms with Gasteiger partial charge in [-0.25, -0.2) is 4.39 Å². The Labute approximate surface area is 158 Å². The Morgan fingerprint density at radius 3 is 2.78 bits per heavy atom. The van der Waals surface area contributed by atoms with Gasteiger partial charge < -0.3 is 10.6 Å². The number of primary amides is 1. The average Bonchev–Trinajstić information content (AvgIpc) is 2.65. The van der Waals surface area contributed by atoms with E-state index in [1.807, 2.05) is 0 Å². The molecule has 27 heavy (non-hydrogen) atoms. The zero-order valence-corrected chi connectivity index (χ0v) is 15.0. The summed E-state index contributed by atoms with van der Waals surface area (Å²) in [5.74, 6) is -1.65. The first-order chi connectivity index (χ1) is 12.9. The molecule has 1 aliphatic heterocycles. The molecule has 9 heteroatoms. The van der Waals surface area contributed by atoms with Crippen LogP contribution < -0.4 is 10.6 Å². The Bertz CT molecular complexity index is 935. The molecule has 2 amide bonds. The molecule has 0 aliphatic carbocycles. The van der Waals surface area contributed by atoms with Gasteiger partial charge in [0.2, 0.25) is 11.8 Å². The number of rotatable bonds is 5. The van der Waals surface area contributed by atoms with E-state index in [1.165, 1.54) is 23.1 Å². The molecule has 0 unspecified atom stereocenters. The van der Waals surface area contributed by atoms with Crippen LogP contribution in [0.5, 0.6) is 0 Å². The Balaban J connectivity index is 1.80. The number of para-hydroxylation sites is 1. The number of carbonyl (C=O) groups is 2. The number of nitrogens with zero attached hydrogens (tertiary/aromatic N) is 2. The van der Waals surface area contributed by atoms with Crippen LogP contribution in [0.3, 0.4) is 0 Å². The van der Waals surface area contributed by atoms with Crippen LogP contribution in [-0.2, 0) is 11.2 Å². The molecule has 7 nitrogen and oxygen atoms in total. The third-order valence-electron chi connectivity index (χ3n) is 4.26. The van der Waals surface area contributed by atoms with Crippen molar-refractivity contribution in [2.24, 2.45) is 5.73 Å². The second kappa shape index (κ2) is 7.75. The van der Waals surface area contributed by atoms with Gasteiger partial charge in [-0.2, -0.15) is 0 Å². The monoisotopic (exact) mass is 389 g/mol. The van der Waals surface area contributed by atoms with E-state index < -0.39 is 16.6 Å². The van der Waals surface area contributed by atoms with Crippen molar-refractivity contribution in [3.05, 3.63) is 63.5 Å². The fourth-order valence-corrected chi connectivity index (χ4v) is 3.89. The van der Waals surface area contributed by atoms with Gasteiger partial charge in [0.05, 0.1) is 21.3 Å². The SMILES string of the molecule is NC(=O)c1ccc(SCC(=O)N2CCCc3cccc(F)c32)c([N+](=O)[O-])c1. The lowest BCUT2D eigenvalue weighted by atomic mass is 10.0. The van der Waals surface area contributed by atoms with Gasteiger partial charge in [0, 0.05) is 18.2 Å². The summed E-state index contributed by atoms with van der Waals surface area (Å²) in [6.07, 6.45) is 1.42. The number of nitro benzene ring substituents is 1. The minimum atomic E-state index is -0.772. The summed E-state index contributed by atoms with van der Waals surface area (Å²) in [4.78, 5) is 36.1. The molecule has 0 atom stereocenters. The maximum atomic E-state index is 14.2. The summed E-state index contributed by atoms with van der Waals surface area (Å²) in [5.41, 5.74) is 5.93. The van der Waals surface area contributed by atoms with Crippen molar-refractivity contribution in [2.45, 2.75) is 17.7 Å². The minimum absolute atomic E-state index is 0.0180. The molecule has 0 bridgehead atoms. The van der Waals surface area contributed by atoms with E-state index in [1.54, 1.807) is 12.1 Å². The molecule has 0 aromatic heterocycles. The van der Waals surface area contributed by atoms with Gasteiger partial charge >= 0.3 is 0 Å². The number of benzene rings is 2. The molecule has 0 spiro atoms. The number of hydrogen-bond donors (Lipinski definition) is 1. The van der Waals surface area contributed by atoms with Crippen molar-refractivity contribution in [1.82, 2.24) is 0 Å². The quantitative estimate of drug-likeness (QED) is 0.481. The van der Waals surface area contributed by atoms with Crippen LogP contribution in [0.4, 0.5) is 15.8 Å². The van der Waals surface area contributed by atoms with Crippen LogP contribution in [-0.4, -0.2) is 29.0 Å². The molecule has 1 aliphatic rings. The molecule has 3 rings (SSSR count). The van der Waals surface area contributed by atoms with Gasteiger partial charge in [-0.1, -0.05) is 12.1 Å². The first kappa shape index (κ1) is 18.8. The Kier molecular flexibility index (Phi) is 5.41. The van der Waals surface area contributed by atoms with E-state index in [0.29, 0.717) is 13.0 Å². The predicted octanol–water partition coefficient (Wildman–Crippen LogP) is 2.90. The fraction of sp³-hybridized carbons (Fsp3) is 0.222. The number of fused-ring (bicyclic) bond motifs is 1. The van der Waals surface area contributed by atoms with E-state index in [-0.39, 0.29) is 33.5 Å². The second-order valence-electron chi connectivity index (χ2n) is 5.99. The van der Waals surface area contributed by atoms with Crippen LogP contribution in [0, 0.1) is 15.9 Å². The molecule has 2 aromatic carbocycles. The molecule has 0 fully saturated rings. The second-order valence-corrected chi connectivity index (χ2v) is 7.01. The summed E-state index contributed by atoms with van der Waals surface area (Å²) in [5, 5.41) is 11.2. The highest BCUT2D eigenvalue weighted by Gasteiger charge is 2.26. The molecule has 0 radical (unpaired) electrons. The summed E-state index contributed by atoms with van der Waals surface area (Å²) in [6, 6.07) is 8.56. The van der Waals surface area contributed by atoms with Crippen molar-refractivity contribution in [1.29, 1.82) is 0 Å². The average molecular weight is 389 g/mol. The van der Waals surface area contributed by atoms with Gasteiger partial charge in [0.15, 0.2) is 0 Å². The van der Waals surface area contributed by atoms with Crippen molar-refractivity contribution < 1.29 is 18.9 Å². The minimum Gasteiger partial charge on any atom is -0.366 e. The molecule has 0 saturated heterocycles. The lowest BCUT2D eigenvalue weighted by molar-refractivity contribution is -0.387. The summed E-state index contributed by atoms with van der Waals surface area (Å²) < 4.78 is 14.2. The van der Waals surface area contributed by atoms with Crippen LogP contribution in [0.1, 0.15) is 22.3 Å². The van der Waals surface area contributed by atoms with Crippen molar-refractivity contribution in [3.8, 4) is 0 Å². The Morgan fingerprint density at radius 2 is 2.07 bits per heavy atom. The van der Waals surface area contributed by atoms with Crippen LogP contribution >= 0.6 is 11.8 Å². The zero-order valence-electron chi connectivity index (χ0n) is 14.2. The zero-order chi connectivity index (χ0) is 19.6. The number of nitro groups is 1. The van der Waals surface area contributed by atoms with E-state index >= 15 is 0 Å². The fourth-order valence-electron chi connectivity index (χ4n) is 3.01. The van der Waals surface area contributed by atoms with Crippen molar-refractivity contribution in [2.75, 3.05) is 17.2 Å². The van der Waals surface area contributed by atoms with Crippen LogP contribution in [0.25, 0.3) is 0 Å². The molecule has 2 aromatic rings. The summed E-state index contributed by atoms with van der Waals surface area (Å²) >= 11 is 0.971. The first-order valence-electron chi connectivity index (χ1n) is 8.17. The normalized spacial score (nSPS) is 13.1. The highest BCUT2D eigenvalue weighted by Crippen LogP contribution is 2.33. The molecular weight excluding hydrogens is 373 g/mol. The highest BCUT2D eigenvalue weighted by atomic mass is 32.2. The lowest BCUT2D eigenvalue weighted by Gasteiger charge is -2.29. The third-order valence-corrected chi connectivity index (χ3v) is 5.31. The number of carbonyl (C=O) groups excluding carboxylic acids is 2. The number of aryl methyl sites for hydroxylation is 1. The van der Waals surface area contributed by atoms with Crippen molar-refractivity contribution in [3.63, 3.8) is 0 Å². The van der Waals surface area contributed by atoms with Crippen LogP contribution in [0.2, 0.25) is 0 Å². The smallest absolute Gasteiger partial charge is 0.283 e. The van der Waals surface area contributed by atoms with E-state index in [0.717, 1.165) is 29.8 Å². The van der Waals surface area contributed by atoms with E-state index in [4.69, 9.17) is 5.73 Å². The standard InChI is InChI=1S/C18H16FN3O4S/c19-13-5-1-3-11-4-2-8-21(17(11)13)16(23)10-27-15-7-6-12(18(20)24)9-14(15)22(25)26/h1,3,5-7,9H,2,4,8,10H2,(H2,20,24). The predicted molar refractivity (Wildman–Crippen MR) is 99.4 cm³/mol. The lowest BCUT2D eigenvalue weighted by Crippen LogP contribution is -2.37. The van der Waals surface area contributed by atoms with Crippen molar-refractivity contribution >= 4 is 35.0 Å². The first-order valence-corrected chi connectivity index (χ1v) is 9.16. The largest absolute Gasteiger partial charge is 0.366 e. The number of hydrogen-bond acceptors (Lipinski definition) is 5. The van der Waals surface area contributed by atoms with Gasteiger partial charge in [-0.15, -0.1) is 11.8 Å². The third kappa shape index (κ3) is 3.92. The highest BCUT2D eigenvalue weighted by molar-refractivity contribution is 8.00. The summed E-state index contributed by atoms with van der Waals surface area (Å²) in [7, 11) is 0. The summed E-state index contributed by atoms with van der Waals surface area (Å²) in [6.45, 7) is 0.399. The van der Waals surface area contributed by atoms with E-state index in [2.05, 4.69) is 0 Å². The van der Waals surface area contributed by atoms with Gasteiger partial charge in [0.1, 0.15) is 5.82 Å². The molecule has 0 saturated carbocycles. The van der Waals surface area contributed by atoms with Crippen LogP contribution in [0.15, 0.2) is 41.3 Å². The maximum absolute atomic E-state index is 14.2.